The lowest BCUT2D eigenvalue weighted by molar-refractivity contribution is -0.305. The van der Waals surface area contributed by atoms with Crippen LogP contribution >= 0.6 is 0 Å². The highest BCUT2D eigenvalue weighted by atomic mass is 16.5. The van der Waals surface area contributed by atoms with Crippen molar-refractivity contribution in [2.24, 2.45) is 22.7 Å². The van der Waals surface area contributed by atoms with E-state index in [4.69, 9.17) is 4.74 Å². The van der Waals surface area contributed by atoms with Crippen molar-refractivity contribution in [3.63, 3.8) is 0 Å². The fourth-order valence-corrected chi connectivity index (χ4v) is 9.26. The number of fused-ring (bicyclic) bond motifs is 2. The molecule has 1 aromatic rings. The van der Waals surface area contributed by atoms with E-state index in [1.54, 1.807) is 6.07 Å². The number of phenolic OH excluding ortho intramolecular Hbond substituents is 1. The molecule has 3 N–H and O–H groups in total. The maximum absolute atomic E-state index is 12.5. The maximum Gasteiger partial charge on any atom is 0.165 e. The van der Waals surface area contributed by atoms with E-state index >= 15 is 0 Å². The Balaban J connectivity index is 1.46. The number of aliphatic hydroxyl groups is 2. The summed E-state index contributed by atoms with van der Waals surface area (Å²) in [4.78, 5) is 2.77. The molecule has 8 rings (SSSR count). The Labute approximate surface area is 197 Å². The van der Waals surface area contributed by atoms with Crippen molar-refractivity contribution in [2.45, 2.75) is 101 Å². The first-order valence-corrected chi connectivity index (χ1v) is 13.2. The highest BCUT2D eigenvalue weighted by Crippen LogP contribution is 2.77. The molecule has 4 bridgehead atoms. The number of rotatable bonds is 3. The van der Waals surface area contributed by atoms with E-state index in [9.17, 15) is 15.3 Å². The molecule has 2 spiro atoms. The number of hydrogen-bond acceptors (Lipinski definition) is 5. The molecule has 5 heteroatoms. The first kappa shape index (κ1) is 21.0. The number of aromatic hydroxyl groups is 1. The minimum absolute atomic E-state index is 0.0404. The third-order valence-electron chi connectivity index (χ3n) is 11.5. The monoisotopic (exact) mass is 453 g/mol. The van der Waals surface area contributed by atoms with Gasteiger partial charge in [0.2, 0.25) is 0 Å². The molecule has 0 amide bonds. The number of piperidine rings is 1. The molecule has 0 aromatic heterocycles. The Morgan fingerprint density at radius 1 is 1.12 bits per heavy atom. The van der Waals surface area contributed by atoms with Crippen molar-refractivity contribution in [3.8, 4) is 11.5 Å². The predicted octanol–water partition coefficient (Wildman–Crippen LogP) is 3.76. The van der Waals surface area contributed by atoms with E-state index in [0.29, 0.717) is 18.2 Å². The minimum Gasteiger partial charge on any atom is -0.504 e. The smallest absolute Gasteiger partial charge is 0.165 e. The number of likely N-dealkylation sites (tertiary alicyclic amines) is 1. The lowest BCUT2D eigenvalue weighted by Gasteiger charge is -2.75. The Bertz CT molecular complexity index is 1040. The van der Waals surface area contributed by atoms with Gasteiger partial charge in [0, 0.05) is 34.9 Å². The summed E-state index contributed by atoms with van der Waals surface area (Å²) in [6.07, 6.45) is 6.71. The van der Waals surface area contributed by atoms with E-state index in [1.165, 1.54) is 30.5 Å². The number of ether oxygens (including phenoxy) is 1. The summed E-state index contributed by atoms with van der Waals surface area (Å²) < 4.78 is 6.68. The van der Waals surface area contributed by atoms with Crippen LogP contribution in [0.3, 0.4) is 0 Å². The molecule has 5 nitrogen and oxygen atoms in total. The molecule has 2 heterocycles. The number of benzene rings is 1. The fourth-order valence-electron chi connectivity index (χ4n) is 9.26. The molecule has 33 heavy (non-hydrogen) atoms. The van der Waals surface area contributed by atoms with Gasteiger partial charge in [0.05, 0.1) is 5.60 Å². The van der Waals surface area contributed by atoms with Crippen LogP contribution in [0.15, 0.2) is 12.1 Å². The minimum atomic E-state index is -1.11. The van der Waals surface area contributed by atoms with Crippen molar-refractivity contribution in [1.29, 1.82) is 0 Å². The molecular formula is C28H39NO4. The second-order valence-corrected chi connectivity index (χ2v) is 13.6. The summed E-state index contributed by atoms with van der Waals surface area (Å²) in [6.45, 7) is 10.4. The van der Waals surface area contributed by atoms with Crippen LogP contribution in [-0.4, -0.2) is 56.7 Å². The van der Waals surface area contributed by atoms with Crippen molar-refractivity contribution in [3.05, 3.63) is 23.3 Å². The summed E-state index contributed by atoms with van der Waals surface area (Å²) in [5, 5.41) is 35.3. The van der Waals surface area contributed by atoms with Gasteiger partial charge < -0.3 is 20.1 Å². The third kappa shape index (κ3) is 2.22. The average Bonchev–Trinajstić information content (AvgIpc) is 3.48. The standard InChI is InChI=1S/C28H39NO4/c1-24(2,3)25(4,31)19-14-26-9-10-28(19,32)23-27(26)11-12-29(15-16-5-6-16)20(26)13-17-7-8-18(30)22(33-23)21(17)27/h7-8,16,19-20,23,30-32H,5-6,9-15H2,1-4H3/t19-,20-,23-,25+,26-,27+,28-/m1/s1. The van der Waals surface area contributed by atoms with Crippen molar-refractivity contribution >= 4 is 0 Å². The summed E-state index contributed by atoms with van der Waals surface area (Å²) in [5.74, 6) is 1.39. The topological polar surface area (TPSA) is 73.2 Å². The number of nitrogens with zero attached hydrogens (tertiary/aromatic N) is 1. The highest BCUT2D eigenvalue weighted by Gasteiger charge is 2.81. The molecular weight excluding hydrogens is 414 g/mol. The molecule has 5 fully saturated rings. The Kier molecular flexibility index (Phi) is 3.76. The van der Waals surface area contributed by atoms with Crippen molar-refractivity contribution in [2.75, 3.05) is 13.1 Å². The molecule has 2 aliphatic heterocycles. The van der Waals surface area contributed by atoms with Crippen LogP contribution in [0.25, 0.3) is 0 Å². The molecule has 4 saturated carbocycles. The Morgan fingerprint density at radius 3 is 2.58 bits per heavy atom. The SMILES string of the molecule is CC(C)(C)[C@@](C)(O)[C@H]1C[C@@]23CC[C@]1(O)[C@@H]1Oc4c(O)ccc5c4[C@@]12CCN(CC1CC1)[C@@H]3C5. The van der Waals surface area contributed by atoms with Crippen LogP contribution in [0.1, 0.15) is 77.3 Å². The van der Waals surface area contributed by atoms with Gasteiger partial charge in [-0.05, 0) is 81.4 Å². The van der Waals surface area contributed by atoms with Crippen LogP contribution in [0.2, 0.25) is 0 Å². The van der Waals surface area contributed by atoms with Crippen molar-refractivity contribution < 1.29 is 20.1 Å². The first-order valence-electron chi connectivity index (χ1n) is 13.2. The maximum atomic E-state index is 12.5. The van der Waals surface area contributed by atoms with Gasteiger partial charge >= 0.3 is 0 Å². The molecule has 7 atom stereocenters. The molecule has 0 unspecified atom stereocenters. The molecule has 0 radical (unpaired) electrons. The van der Waals surface area contributed by atoms with E-state index in [2.05, 4.69) is 31.7 Å². The lowest BCUT2D eigenvalue weighted by atomic mass is 9.33. The van der Waals surface area contributed by atoms with Crippen LogP contribution < -0.4 is 4.74 Å². The first-order chi connectivity index (χ1) is 15.5. The zero-order valence-corrected chi connectivity index (χ0v) is 20.5. The summed E-state index contributed by atoms with van der Waals surface area (Å²) in [7, 11) is 0. The fraction of sp³-hybridized carbons (Fsp3) is 0.786. The largest absolute Gasteiger partial charge is 0.504 e. The van der Waals surface area contributed by atoms with Crippen LogP contribution in [0, 0.1) is 22.7 Å². The Morgan fingerprint density at radius 2 is 1.88 bits per heavy atom. The molecule has 1 saturated heterocycles. The summed E-state index contributed by atoms with van der Waals surface area (Å²) in [5.41, 5.74) is -0.323. The van der Waals surface area contributed by atoms with Gasteiger partial charge in [-0.3, -0.25) is 4.90 Å². The van der Waals surface area contributed by atoms with Gasteiger partial charge in [0.25, 0.3) is 0 Å². The van der Waals surface area contributed by atoms with Crippen LogP contribution in [0.4, 0.5) is 0 Å². The van der Waals surface area contributed by atoms with E-state index < -0.39 is 17.3 Å². The quantitative estimate of drug-likeness (QED) is 0.650. The second-order valence-electron chi connectivity index (χ2n) is 13.6. The third-order valence-corrected chi connectivity index (χ3v) is 11.5. The van der Waals surface area contributed by atoms with E-state index in [-0.39, 0.29) is 27.9 Å². The van der Waals surface area contributed by atoms with Gasteiger partial charge in [-0.15, -0.1) is 0 Å². The molecule has 7 aliphatic rings. The van der Waals surface area contributed by atoms with Gasteiger partial charge in [0.15, 0.2) is 11.5 Å². The van der Waals surface area contributed by atoms with Crippen LogP contribution in [0.5, 0.6) is 11.5 Å². The highest BCUT2D eigenvalue weighted by molar-refractivity contribution is 5.63. The number of phenols is 1. The van der Waals surface area contributed by atoms with Gasteiger partial charge in [0.1, 0.15) is 11.7 Å². The van der Waals surface area contributed by atoms with E-state index in [1.807, 2.05) is 6.92 Å². The zero-order valence-electron chi connectivity index (χ0n) is 20.5. The zero-order chi connectivity index (χ0) is 23.2. The number of hydrogen-bond donors (Lipinski definition) is 3. The molecule has 180 valence electrons. The summed E-state index contributed by atoms with van der Waals surface area (Å²) in [6, 6.07) is 4.30. The lowest BCUT2D eigenvalue weighted by Crippen LogP contribution is -2.82. The predicted molar refractivity (Wildman–Crippen MR) is 125 cm³/mol. The normalized spacial score (nSPS) is 44.8. The second kappa shape index (κ2) is 5.91. The Hall–Kier alpha value is -1.30. The molecule has 1 aromatic carbocycles. The van der Waals surface area contributed by atoms with Crippen LogP contribution in [-0.2, 0) is 11.8 Å². The van der Waals surface area contributed by atoms with Gasteiger partial charge in [-0.25, -0.2) is 0 Å². The van der Waals surface area contributed by atoms with Gasteiger partial charge in [-0.1, -0.05) is 26.8 Å². The molecule has 5 aliphatic carbocycles. The average molecular weight is 454 g/mol. The van der Waals surface area contributed by atoms with Crippen molar-refractivity contribution in [1.82, 2.24) is 4.90 Å². The van der Waals surface area contributed by atoms with Gasteiger partial charge in [-0.2, -0.15) is 0 Å². The summed E-state index contributed by atoms with van der Waals surface area (Å²) >= 11 is 0. The van der Waals surface area contributed by atoms with E-state index in [0.717, 1.165) is 38.1 Å².